The maximum absolute atomic E-state index is 13.2. The van der Waals surface area contributed by atoms with Crippen molar-refractivity contribution in [3.8, 4) is 5.88 Å². The Kier molecular flexibility index (Phi) is 7.19. The number of nitrogens with one attached hydrogen (secondary N) is 2. The number of ether oxygens (including phenoxy) is 1. The smallest absolute Gasteiger partial charge is 0.213 e. The van der Waals surface area contributed by atoms with Crippen molar-refractivity contribution in [3.05, 3.63) is 59.5 Å². The third kappa shape index (κ3) is 6.79. The van der Waals surface area contributed by atoms with Gasteiger partial charge in [-0.3, -0.25) is 4.99 Å². The van der Waals surface area contributed by atoms with E-state index in [1.165, 1.54) is 6.07 Å². The van der Waals surface area contributed by atoms with E-state index < -0.39 is 0 Å². The quantitative estimate of drug-likeness (QED) is 0.599. The Balaban J connectivity index is 1.76. The first-order chi connectivity index (χ1) is 12.1. The van der Waals surface area contributed by atoms with Crippen LogP contribution in [0.2, 0.25) is 0 Å². The van der Waals surface area contributed by atoms with Crippen molar-refractivity contribution >= 4 is 5.96 Å². The van der Waals surface area contributed by atoms with Gasteiger partial charge in [-0.15, -0.1) is 0 Å². The van der Waals surface area contributed by atoms with Crippen LogP contribution in [0, 0.1) is 5.82 Å². The molecule has 5 nitrogen and oxygen atoms in total. The number of guanidine groups is 1. The van der Waals surface area contributed by atoms with E-state index in [9.17, 15) is 4.39 Å². The average molecular weight is 344 g/mol. The molecule has 1 heterocycles. The van der Waals surface area contributed by atoms with E-state index in [1.807, 2.05) is 32.0 Å². The molecule has 6 heteroatoms. The molecular formula is C19H25FN4O. The van der Waals surface area contributed by atoms with Crippen molar-refractivity contribution in [1.29, 1.82) is 0 Å². The Hall–Kier alpha value is -2.63. The monoisotopic (exact) mass is 344 g/mol. The standard InChI is InChI=1S/C19H25FN4O/c1-14(2)25-18-8-7-16(12-23-18)13-24-19(21-3)22-10-9-15-5-4-6-17(20)11-15/h4-8,11-12,14H,9-10,13H2,1-3H3,(H2,21,22,24). The van der Waals surface area contributed by atoms with Crippen molar-refractivity contribution in [2.45, 2.75) is 32.9 Å². The van der Waals surface area contributed by atoms with Crippen LogP contribution in [-0.2, 0) is 13.0 Å². The largest absolute Gasteiger partial charge is 0.475 e. The Morgan fingerprint density at radius 3 is 2.68 bits per heavy atom. The molecule has 0 fully saturated rings. The van der Waals surface area contributed by atoms with Crippen LogP contribution in [-0.4, -0.2) is 30.6 Å². The number of halogens is 1. The second-order valence-corrected chi connectivity index (χ2v) is 5.90. The zero-order chi connectivity index (χ0) is 18.1. The lowest BCUT2D eigenvalue weighted by Crippen LogP contribution is -2.37. The second kappa shape index (κ2) is 9.61. The van der Waals surface area contributed by atoms with Crippen molar-refractivity contribution in [1.82, 2.24) is 15.6 Å². The highest BCUT2D eigenvalue weighted by Crippen LogP contribution is 2.09. The summed E-state index contributed by atoms with van der Waals surface area (Å²) in [7, 11) is 1.72. The van der Waals surface area contributed by atoms with Crippen LogP contribution in [0.4, 0.5) is 4.39 Å². The summed E-state index contributed by atoms with van der Waals surface area (Å²) in [5.74, 6) is 1.10. The van der Waals surface area contributed by atoms with E-state index in [0.29, 0.717) is 24.9 Å². The molecule has 0 atom stereocenters. The van der Waals surface area contributed by atoms with E-state index in [0.717, 1.165) is 17.5 Å². The number of hydrogen-bond donors (Lipinski definition) is 2. The van der Waals surface area contributed by atoms with Gasteiger partial charge in [-0.2, -0.15) is 0 Å². The highest BCUT2D eigenvalue weighted by atomic mass is 19.1. The molecule has 0 saturated carbocycles. The maximum atomic E-state index is 13.2. The summed E-state index contributed by atoms with van der Waals surface area (Å²) in [4.78, 5) is 8.46. The van der Waals surface area contributed by atoms with E-state index in [2.05, 4.69) is 20.6 Å². The van der Waals surface area contributed by atoms with E-state index >= 15 is 0 Å². The van der Waals surface area contributed by atoms with E-state index in [-0.39, 0.29) is 11.9 Å². The third-order valence-corrected chi connectivity index (χ3v) is 3.43. The van der Waals surface area contributed by atoms with Crippen molar-refractivity contribution in [3.63, 3.8) is 0 Å². The highest BCUT2D eigenvalue weighted by molar-refractivity contribution is 5.79. The minimum absolute atomic E-state index is 0.109. The van der Waals surface area contributed by atoms with Gasteiger partial charge in [0.15, 0.2) is 5.96 Å². The number of aliphatic imine (C=N–C) groups is 1. The molecule has 134 valence electrons. The van der Waals surface area contributed by atoms with Gasteiger partial charge in [-0.05, 0) is 43.5 Å². The highest BCUT2D eigenvalue weighted by Gasteiger charge is 2.02. The molecule has 0 bridgehead atoms. The molecular weight excluding hydrogens is 319 g/mol. The molecule has 0 aliphatic heterocycles. The van der Waals surface area contributed by atoms with Crippen LogP contribution in [0.1, 0.15) is 25.0 Å². The summed E-state index contributed by atoms with van der Waals surface area (Å²) in [5, 5.41) is 6.44. The summed E-state index contributed by atoms with van der Waals surface area (Å²) in [5.41, 5.74) is 1.98. The number of aromatic nitrogens is 1. The lowest BCUT2D eigenvalue weighted by Gasteiger charge is -2.12. The maximum Gasteiger partial charge on any atom is 0.213 e. The molecule has 2 aromatic rings. The predicted molar refractivity (Wildman–Crippen MR) is 98.3 cm³/mol. The SMILES string of the molecule is CN=C(NCCc1cccc(F)c1)NCc1ccc(OC(C)C)nc1. The van der Waals surface area contributed by atoms with Gasteiger partial charge in [0.1, 0.15) is 5.82 Å². The zero-order valence-electron chi connectivity index (χ0n) is 14.9. The number of hydrogen-bond acceptors (Lipinski definition) is 3. The minimum atomic E-state index is -0.211. The van der Waals surface area contributed by atoms with Gasteiger partial charge in [0.2, 0.25) is 5.88 Å². The first-order valence-electron chi connectivity index (χ1n) is 8.37. The van der Waals surface area contributed by atoms with Gasteiger partial charge < -0.3 is 15.4 Å². The minimum Gasteiger partial charge on any atom is -0.475 e. The molecule has 0 radical (unpaired) electrons. The summed E-state index contributed by atoms with van der Waals surface area (Å²) in [6.07, 6.45) is 2.61. The summed E-state index contributed by atoms with van der Waals surface area (Å²) < 4.78 is 18.7. The first kappa shape index (κ1) is 18.7. The number of rotatable bonds is 7. The Morgan fingerprint density at radius 2 is 2.04 bits per heavy atom. The Bertz CT molecular complexity index is 686. The van der Waals surface area contributed by atoms with Gasteiger partial charge >= 0.3 is 0 Å². The first-order valence-corrected chi connectivity index (χ1v) is 8.37. The predicted octanol–water partition coefficient (Wildman–Crippen LogP) is 2.92. The van der Waals surface area contributed by atoms with E-state index in [1.54, 1.807) is 25.4 Å². The summed E-state index contributed by atoms with van der Waals surface area (Å²) in [6.45, 7) is 5.21. The van der Waals surface area contributed by atoms with Gasteiger partial charge in [0.25, 0.3) is 0 Å². The number of benzene rings is 1. The van der Waals surface area contributed by atoms with Crippen molar-refractivity contribution in [2.75, 3.05) is 13.6 Å². The van der Waals surface area contributed by atoms with Crippen LogP contribution >= 0.6 is 0 Å². The van der Waals surface area contributed by atoms with Crippen LogP contribution in [0.3, 0.4) is 0 Å². The molecule has 0 saturated heterocycles. The molecule has 1 aromatic heterocycles. The molecule has 25 heavy (non-hydrogen) atoms. The lowest BCUT2D eigenvalue weighted by molar-refractivity contribution is 0.232. The molecule has 0 unspecified atom stereocenters. The normalized spacial score (nSPS) is 11.5. The fraction of sp³-hybridized carbons (Fsp3) is 0.368. The Labute approximate surface area is 148 Å². The molecule has 1 aromatic carbocycles. The van der Waals surface area contributed by atoms with Gasteiger partial charge in [0.05, 0.1) is 6.10 Å². The lowest BCUT2D eigenvalue weighted by atomic mass is 10.1. The second-order valence-electron chi connectivity index (χ2n) is 5.90. The number of pyridine rings is 1. The van der Waals surface area contributed by atoms with Crippen molar-refractivity contribution < 1.29 is 9.13 Å². The molecule has 0 aliphatic carbocycles. The van der Waals surface area contributed by atoms with Crippen LogP contribution in [0.25, 0.3) is 0 Å². The number of nitrogens with zero attached hydrogens (tertiary/aromatic N) is 2. The third-order valence-electron chi connectivity index (χ3n) is 3.43. The average Bonchev–Trinajstić information content (AvgIpc) is 2.59. The van der Waals surface area contributed by atoms with Crippen LogP contribution < -0.4 is 15.4 Å². The fourth-order valence-electron chi connectivity index (χ4n) is 2.25. The molecule has 0 spiro atoms. The molecule has 0 aliphatic rings. The molecule has 0 amide bonds. The molecule has 2 N–H and O–H groups in total. The zero-order valence-corrected chi connectivity index (χ0v) is 14.9. The topological polar surface area (TPSA) is 58.5 Å². The van der Waals surface area contributed by atoms with E-state index in [4.69, 9.17) is 4.74 Å². The summed E-state index contributed by atoms with van der Waals surface area (Å²) in [6, 6.07) is 10.5. The molecule has 2 rings (SSSR count). The van der Waals surface area contributed by atoms with Crippen molar-refractivity contribution in [2.24, 2.45) is 4.99 Å². The van der Waals surface area contributed by atoms with Gasteiger partial charge in [-0.1, -0.05) is 18.2 Å². The fourth-order valence-corrected chi connectivity index (χ4v) is 2.25. The van der Waals surface area contributed by atoms with Gasteiger partial charge in [0, 0.05) is 32.4 Å². The van der Waals surface area contributed by atoms with Crippen LogP contribution in [0.15, 0.2) is 47.6 Å². The summed E-state index contributed by atoms with van der Waals surface area (Å²) >= 11 is 0. The van der Waals surface area contributed by atoms with Gasteiger partial charge in [-0.25, -0.2) is 9.37 Å². The Morgan fingerprint density at radius 1 is 1.20 bits per heavy atom. The van der Waals surface area contributed by atoms with Crippen LogP contribution in [0.5, 0.6) is 5.88 Å².